The zero-order chi connectivity index (χ0) is 28.9. The number of rotatable bonds is 10. The Labute approximate surface area is 232 Å². The minimum absolute atomic E-state index is 0.0259. The third-order valence-electron chi connectivity index (χ3n) is 6.75. The van der Waals surface area contributed by atoms with Crippen LogP contribution in [-0.4, -0.2) is 43.0 Å². The van der Waals surface area contributed by atoms with E-state index in [2.05, 4.69) is 15.3 Å². The molecule has 208 valence electrons. The van der Waals surface area contributed by atoms with Crippen molar-refractivity contribution in [2.75, 3.05) is 17.7 Å². The molecule has 11 heteroatoms. The molecule has 0 aliphatic rings. The third-order valence-corrected chi connectivity index (χ3v) is 8.84. The van der Waals surface area contributed by atoms with E-state index in [1.54, 1.807) is 68.6 Å². The highest BCUT2D eigenvalue weighted by molar-refractivity contribution is 7.91. The van der Waals surface area contributed by atoms with Crippen molar-refractivity contribution in [2.24, 2.45) is 0 Å². The Kier molecular flexibility index (Phi) is 8.43. The van der Waals surface area contributed by atoms with E-state index in [1.807, 2.05) is 0 Å². The monoisotopic (exact) mass is 564 g/mol. The highest BCUT2D eigenvalue weighted by atomic mass is 32.2. The maximum atomic E-state index is 13.8. The van der Waals surface area contributed by atoms with Gasteiger partial charge in [-0.05, 0) is 61.7 Å². The van der Waals surface area contributed by atoms with Crippen molar-refractivity contribution in [3.05, 3.63) is 114 Å². The Morgan fingerprint density at radius 2 is 1.85 bits per heavy atom. The van der Waals surface area contributed by atoms with Crippen LogP contribution in [0.5, 0.6) is 0 Å². The van der Waals surface area contributed by atoms with Gasteiger partial charge >= 0.3 is 0 Å². The quantitative estimate of drug-likeness (QED) is 0.306. The molecule has 0 bridgehead atoms. The van der Waals surface area contributed by atoms with Gasteiger partial charge in [-0.3, -0.25) is 19.5 Å². The van der Waals surface area contributed by atoms with E-state index >= 15 is 0 Å². The van der Waals surface area contributed by atoms with Gasteiger partial charge in [0.1, 0.15) is 18.1 Å². The molecule has 1 atom stereocenters. The number of sulfone groups is 1. The summed E-state index contributed by atoms with van der Waals surface area (Å²) in [6.07, 6.45) is 6.86. The molecular weight excluding hydrogens is 535 g/mol. The summed E-state index contributed by atoms with van der Waals surface area (Å²) in [5.41, 5.74) is 1.96. The van der Waals surface area contributed by atoms with Crippen LogP contribution in [0.25, 0.3) is 0 Å². The molecule has 0 spiro atoms. The fourth-order valence-corrected chi connectivity index (χ4v) is 4.70. The van der Waals surface area contributed by atoms with Gasteiger partial charge in [0, 0.05) is 36.4 Å². The van der Waals surface area contributed by atoms with Gasteiger partial charge in [-0.25, -0.2) is 17.8 Å². The second-order valence-electron chi connectivity index (χ2n) is 9.74. The Morgan fingerprint density at radius 1 is 1.10 bits per heavy atom. The molecule has 40 heavy (non-hydrogen) atoms. The van der Waals surface area contributed by atoms with Crippen LogP contribution in [0.3, 0.4) is 0 Å². The summed E-state index contributed by atoms with van der Waals surface area (Å²) in [4.78, 5) is 36.9. The van der Waals surface area contributed by atoms with Gasteiger partial charge in [-0.2, -0.15) is 0 Å². The molecule has 2 aromatic heterocycles. The average Bonchev–Trinajstić information content (AvgIpc) is 3.46. The summed E-state index contributed by atoms with van der Waals surface area (Å²) >= 11 is 0. The molecule has 0 saturated heterocycles. The summed E-state index contributed by atoms with van der Waals surface area (Å²) in [5, 5.41) is 2.85. The Morgan fingerprint density at radius 3 is 2.45 bits per heavy atom. The van der Waals surface area contributed by atoms with Gasteiger partial charge in [0.05, 0.1) is 4.75 Å². The Balaban J connectivity index is 1.72. The average molecular weight is 565 g/mol. The summed E-state index contributed by atoms with van der Waals surface area (Å²) in [7, 11) is -3.45. The molecule has 0 radical (unpaired) electrons. The smallest absolute Gasteiger partial charge is 0.281 e. The fourth-order valence-electron chi connectivity index (χ4n) is 4.14. The number of nitrogens with one attached hydrogen (secondary N) is 1. The molecule has 4 rings (SSSR count). The number of aromatic nitrogens is 2. The van der Waals surface area contributed by atoms with Crippen molar-refractivity contribution in [3.8, 4) is 0 Å². The van der Waals surface area contributed by atoms with E-state index in [-0.39, 0.29) is 18.1 Å². The van der Waals surface area contributed by atoms with E-state index in [1.165, 1.54) is 29.5 Å². The SMILES string of the molecule is CC(C)(c1ccc(N(C(=O)c2cocn2)C(C(=O)NCCc2cccc(F)c2)c2cccnc2)cc1)S(C)(=O)=O. The number of oxazole rings is 1. The van der Waals surface area contributed by atoms with Crippen LogP contribution in [0.1, 0.15) is 47.1 Å². The Hall–Kier alpha value is -4.38. The number of carbonyl (C=O) groups excluding carboxylic acids is 2. The maximum absolute atomic E-state index is 13.8. The number of benzene rings is 2. The van der Waals surface area contributed by atoms with Crippen LogP contribution in [-0.2, 0) is 25.8 Å². The largest absolute Gasteiger partial charge is 0.451 e. The maximum Gasteiger partial charge on any atom is 0.281 e. The van der Waals surface area contributed by atoms with E-state index in [0.29, 0.717) is 28.8 Å². The van der Waals surface area contributed by atoms with Crippen LogP contribution < -0.4 is 10.2 Å². The molecule has 0 aliphatic heterocycles. The first-order chi connectivity index (χ1) is 19.0. The topological polar surface area (TPSA) is 122 Å². The molecule has 1 unspecified atom stereocenters. The highest BCUT2D eigenvalue weighted by Gasteiger charge is 2.36. The van der Waals surface area contributed by atoms with Crippen molar-refractivity contribution < 1.29 is 26.8 Å². The number of halogens is 1. The van der Waals surface area contributed by atoms with Gasteiger partial charge < -0.3 is 9.73 Å². The molecule has 1 N–H and O–H groups in total. The number of nitrogens with zero attached hydrogens (tertiary/aromatic N) is 3. The highest BCUT2D eigenvalue weighted by Crippen LogP contribution is 2.33. The molecule has 0 fully saturated rings. The van der Waals surface area contributed by atoms with E-state index in [9.17, 15) is 22.4 Å². The van der Waals surface area contributed by atoms with Gasteiger partial charge in [0.25, 0.3) is 5.91 Å². The van der Waals surface area contributed by atoms with Crippen LogP contribution in [0.2, 0.25) is 0 Å². The van der Waals surface area contributed by atoms with Gasteiger partial charge in [0.2, 0.25) is 5.91 Å². The number of pyridine rings is 1. The first kappa shape index (κ1) is 28.6. The fraction of sp³-hybridized carbons (Fsp3) is 0.241. The van der Waals surface area contributed by atoms with Crippen molar-refractivity contribution in [2.45, 2.75) is 31.1 Å². The molecule has 4 aromatic rings. The number of carbonyl (C=O) groups is 2. The van der Waals surface area contributed by atoms with Gasteiger partial charge in [0.15, 0.2) is 21.9 Å². The molecular formula is C29H29FN4O5S. The van der Waals surface area contributed by atoms with Crippen LogP contribution in [0.15, 0.2) is 90.1 Å². The van der Waals surface area contributed by atoms with Crippen molar-refractivity contribution in [1.82, 2.24) is 15.3 Å². The summed E-state index contributed by atoms with van der Waals surface area (Å²) in [6.45, 7) is 3.38. The van der Waals surface area contributed by atoms with Crippen LogP contribution in [0, 0.1) is 5.82 Å². The standard InChI is InChI=1S/C29H29FN4O5S/c1-29(2,40(3,37)38)22-9-11-24(12-10-22)34(28(36)25-18-39-19-33-25)26(21-7-5-14-31-17-21)27(35)32-15-13-20-6-4-8-23(30)16-20/h4-12,14,16-19,26H,13,15H2,1-3H3,(H,32,35). The molecule has 2 heterocycles. The zero-order valence-corrected chi connectivity index (χ0v) is 23.1. The second kappa shape index (κ2) is 11.8. The van der Waals surface area contributed by atoms with Crippen LogP contribution >= 0.6 is 0 Å². The van der Waals surface area contributed by atoms with Crippen LogP contribution in [0.4, 0.5) is 10.1 Å². The van der Waals surface area contributed by atoms with Gasteiger partial charge in [-0.15, -0.1) is 0 Å². The number of hydrogen-bond donors (Lipinski definition) is 1. The summed E-state index contributed by atoms with van der Waals surface area (Å²) in [6, 6.07) is 14.6. The summed E-state index contributed by atoms with van der Waals surface area (Å²) in [5.74, 6) is -1.48. The third kappa shape index (κ3) is 6.26. The molecule has 2 aromatic carbocycles. The minimum atomic E-state index is -3.45. The zero-order valence-electron chi connectivity index (χ0n) is 22.2. The summed E-state index contributed by atoms with van der Waals surface area (Å²) < 4.78 is 42.2. The predicted molar refractivity (Wildman–Crippen MR) is 148 cm³/mol. The van der Waals surface area contributed by atoms with E-state index in [4.69, 9.17) is 4.42 Å². The van der Waals surface area contributed by atoms with Crippen molar-refractivity contribution in [1.29, 1.82) is 0 Å². The van der Waals surface area contributed by atoms with Crippen molar-refractivity contribution >= 4 is 27.3 Å². The minimum Gasteiger partial charge on any atom is -0.451 e. The first-order valence-corrected chi connectivity index (χ1v) is 14.3. The van der Waals surface area contributed by atoms with E-state index in [0.717, 1.165) is 12.6 Å². The second-order valence-corrected chi connectivity index (χ2v) is 12.3. The van der Waals surface area contributed by atoms with Crippen molar-refractivity contribution in [3.63, 3.8) is 0 Å². The lowest BCUT2D eigenvalue weighted by molar-refractivity contribution is -0.122. The normalized spacial score (nSPS) is 12.5. The van der Waals surface area contributed by atoms with Gasteiger partial charge in [-0.1, -0.05) is 30.3 Å². The number of hydrogen-bond acceptors (Lipinski definition) is 7. The predicted octanol–water partition coefficient (Wildman–Crippen LogP) is 4.24. The lowest BCUT2D eigenvalue weighted by Crippen LogP contribution is -2.44. The molecule has 0 aliphatic carbocycles. The molecule has 2 amide bonds. The Bertz CT molecular complexity index is 1570. The molecule has 0 saturated carbocycles. The number of amides is 2. The van der Waals surface area contributed by atoms with E-state index < -0.39 is 32.4 Å². The molecule has 9 nitrogen and oxygen atoms in total. The lowest BCUT2D eigenvalue weighted by Gasteiger charge is -2.31. The number of anilines is 1. The lowest BCUT2D eigenvalue weighted by atomic mass is 10.00. The first-order valence-electron chi connectivity index (χ1n) is 12.4.